The van der Waals surface area contributed by atoms with Crippen molar-refractivity contribution in [3.05, 3.63) is 65.7 Å². The molecule has 0 amide bonds. The van der Waals surface area contributed by atoms with Crippen LogP contribution in [0.3, 0.4) is 0 Å². The first kappa shape index (κ1) is 21.9. The number of hydrogen-bond acceptors (Lipinski definition) is 2. The highest BCUT2D eigenvalue weighted by Gasteiger charge is 2.34. The Hall–Kier alpha value is -1.84. The normalized spacial score (nSPS) is 20.8. The summed E-state index contributed by atoms with van der Waals surface area (Å²) in [4.78, 5) is 1.64. The molecule has 1 aliphatic rings. The summed E-state index contributed by atoms with van der Waals surface area (Å²) in [6, 6.07) is 19.7. The zero-order chi connectivity index (χ0) is 20.7. The fraction of sp³-hybridized carbons (Fsp3) is 0.538. The van der Waals surface area contributed by atoms with Crippen LogP contribution >= 0.6 is 0 Å². The lowest BCUT2D eigenvalue weighted by Crippen LogP contribution is -3.10. The van der Waals surface area contributed by atoms with Crippen LogP contribution in [0.25, 0.3) is 0 Å². The van der Waals surface area contributed by atoms with E-state index >= 15 is 0 Å². The summed E-state index contributed by atoms with van der Waals surface area (Å²) in [6.45, 7) is 11.1. The minimum Gasteiger partial charge on any atom is -0.497 e. The Morgan fingerprint density at radius 1 is 1.10 bits per heavy atom. The van der Waals surface area contributed by atoms with Gasteiger partial charge in [-0.05, 0) is 75.3 Å². The van der Waals surface area contributed by atoms with E-state index in [1.807, 2.05) is 0 Å². The van der Waals surface area contributed by atoms with Crippen LogP contribution in [0, 0.1) is 5.92 Å². The summed E-state index contributed by atoms with van der Waals surface area (Å²) in [5.41, 5.74) is 2.87. The van der Waals surface area contributed by atoms with Gasteiger partial charge in [0.2, 0.25) is 0 Å². The average molecular weight is 397 g/mol. The molecule has 0 radical (unpaired) electrons. The lowest BCUT2D eigenvalue weighted by atomic mass is 9.75. The molecular weight excluding hydrogens is 358 g/mol. The van der Waals surface area contributed by atoms with Gasteiger partial charge in [0.15, 0.2) is 0 Å². The molecule has 3 nitrogen and oxygen atoms in total. The minimum absolute atomic E-state index is 0.00363. The molecule has 158 valence electrons. The number of rotatable bonds is 9. The van der Waals surface area contributed by atoms with E-state index in [1.165, 1.54) is 30.5 Å². The number of quaternary nitrogens is 1. The standard InChI is InChI=1S/C26H37NO2/c1-5-27(20-21-11-13-24(28-4)14-12-21)17-15-25(22-9-7-6-8-10-22)23-16-18-29-26(2,3)19-23/h6-14,23,25H,5,15-20H2,1-4H3/p+1/t23-,25+/m1/s1. The number of nitrogens with one attached hydrogen (secondary N) is 1. The second kappa shape index (κ2) is 10.3. The van der Waals surface area contributed by atoms with Gasteiger partial charge in [-0.2, -0.15) is 0 Å². The quantitative estimate of drug-likeness (QED) is 0.675. The number of methoxy groups -OCH3 is 1. The third kappa shape index (κ3) is 6.32. The largest absolute Gasteiger partial charge is 0.497 e. The third-order valence-corrected chi connectivity index (χ3v) is 6.45. The molecule has 0 aliphatic carbocycles. The Morgan fingerprint density at radius 2 is 1.83 bits per heavy atom. The first-order chi connectivity index (χ1) is 14.0. The molecule has 1 fully saturated rings. The summed E-state index contributed by atoms with van der Waals surface area (Å²) in [6.07, 6.45) is 3.54. The highest BCUT2D eigenvalue weighted by molar-refractivity contribution is 5.26. The maximum Gasteiger partial charge on any atom is 0.118 e. The Labute approximate surface area is 177 Å². The fourth-order valence-electron chi connectivity index (χ4n) is 4.78. The Kier molecular flexibility index (Phi) is 7.74. The minimum atomic E-state index is -0.00363. The maximum atomic E-state index is 6.01. The van der Waals surface area contributed by atoms with E-state index in [-0.39, 0.29) is 5.60 Å². The number of hydrogen-bond donors (Lipinski definition) is 1. The molecule has 3 rings (SSSR count). The first-order valence-corrected chi connectivity index (χ1v) is 11.2. The number of ether oxygens (including phenoxy) is 2. The van der Waals surface area contributed by atoms with Gasteiger partial charge in [-0.25, -0.2) is 0 Å². The van der Waals surface area contributed by atoms with Crippen molar-refractivity contribution in [1.29, 1.82) is 0 Å². The Bertz CT molecular complexity index is 726. The van der Waals surface area contributed by atoms with E-state index in [1.54, 1.807) is 12.0 Å². The average Bonchev–Trinajstić information content (AvgIpc) is 2.73. The summed E-state index contributed by atoms with van der Waals surface area (Å²) in [5, 5.41) is 0. The maximum absolute atomic E-state index is 6.01. The van der Waals surface area contributed by atoms with Gasteiger partial charge in [0.1, 0.15) is 12.3 Å². The van der Waals surface area contributed by atoms with Crippen LogP contribution in [0.5, 0.6) is 5.75 Å². The highest BCUT2D eigenvalue weighted by atomic mass is 16.5. The van der Waals surface area contributed by atoms with E-state index in [4.69, 9.17) is 9.47 Å². The van der Waals surface area contributed by atoms with Crippen LogP contribution in [-0.4, -0.2) is 32.4 Å². The molecule has 0 bridgehead atoms. The molecule has 0 aromatic heterocycles. The van der Waals surface area contributed by atoms with Gasteiger partial charge in [0, 0.05) is 18.6 Å². The summed E-state index contributed by atoms with van der Waals surface area (Å²) in [5.74, 6) is 2.23. The van der Waals surface area contributed by atoms with E-state index < -0.39 is 0 Å². The van der Waals surface area contributed by atoms with Gasteiger partial charge in [-0.1, -0.05) is 30.3 Å². The van der Waals surface area contributed by atoms with Crippen molar-refractivity contribution in [3.63, 3.8) is 0 Å². The van der Waals surface area contributed by atoms with Gasteiger partial charge in [0.05, 0.1) is 25.8 Å². The molecule has 1 heterocycles. The van der Waals surface area contributed by atoms with Crippen molar-refractivity contribution >= 4 is 0 Å². The molecule has 0 spiro atoms. The zero-order valence-corrected chi connectivity index (χ0v) is 18.6. The molecular formula is C26H38NO2+. The molecule has 1 unspecified atom stereocenters. The predicted molar refractivity (Wildman–Crippen MR) is 120 cm³/mol. The van der Waals surface area contributed by atoms with Crippen molar-refractivity contribution in [3.8, 4) is 5.75 Å². The Morgan fingerprint density at radius 3 is 2.45 bits per heavy atom. The monoisotopic (exact) mass is 396 g/mol. The number of benzene rings is 2. The molecule has 29 heavy (non-hydrogen) atoms. The van der Waals surface area contributed by atoms with Gasteiger partial charge in [-0.3, -0.25) is 0 Å². The van der Waals surface area contributed by atoms with Crippen LogP contribution in [-0.2, 0) is 11.3 Å². The van der Waals surface area contributed by atoms with E-state index in [0.29, 0.717) is 11.8 Å². The molecule has 1 saturated heterocycles. The predicted octanol–water partition coefficient (Wildman–Crippen LogP) is 4.48. The van der Waals surface area contributed by atoms with Crippen LogP contribution in [0.4, 0.5) is 0 Å². The molecule has 2 aromatic carbocycles. The molecule has 3 heteroatoms. The smallest absolute Gasteiger partial charge is 0.118 e. The van der Waals surface area contributed by atoms with Crippen LogP contribution in [0.1, 0.15) is 57.1 Å². The van der Waals surface area contributed by atoms with Gasteiger partial charge >= 0.3 is 0 Å². The zero-order valence-electron chi connectivity index (χ0n) is 18.6. The second-order valence-corrected chi connectivity index (χ2v) is 9.05. The van der Waals surface area contributed by atoms with E-state index in [9.17, 15) is 0 Å². The summed E-state index contributed by atoms with van der Waals surface area (Å²) >= 11 is 0. The second-order valence-electron chi connectivity index (χ2n) is 9.05. The van der Waals surface area contributed by atoms with Crippen molar-refractivity contribution in [2.24, 2.45) is 5.92 Å². The fourth-order valence-corrected chi connectivity index (χ4v) is 4.78. The lowest BCUT2D eigenvalue weighted by Gasteiger charge is -2.39. The first-order valence-electron chi connectivity index (χ1n) is 11.2. The summed E-state index contributed by atoms with van der Waals surface area (Å²) in [7, 11) is 1.72. The van der Waals surface area contributed by atoms with Crippen LogP contribution < -0.4 is 9.64 Å². The van der Waals surface area contributed by atoms with Gasteiger partial charge < -0.3 is 14.4 Å². The molecule has 2 aromatic rings. The van der Waals surface area contributed by atoms with E-state index in [2.05, 4.69) is 75.4 Å². The topological polar surface area (TPSA) is 22.9 Å². The SMILES string of the molecule is CC[NH+](CC[C@@H](c1ccccc1)[C@@H]1CCOC(C)(C)C1)Cc1ccc(OC)cc1. The van der Waals surface area contributed by atoms with Gasteiger partial charge in [0.25, 0.3) is 0 Å². The highest BCUT2D eigenvalue weighted by Crippen LogP contribution is 2.39. The molecule has 3 atom stereocenters. The lowest BCUT2D eigenvalue weighted by molar-refractivity contribution is -0.912. The van der Waals surface area contributed by atoms with Crippen molar-refractivity contribution < 1.29 is 14.4 Å². The summed E-state index contributed by atoms with van der Waals surface area (Å²) < 4.78 is 11.3. The van der Waals surface area contributed by atoms with Crippen LogP contribution in [0.2, 0.25) is 0 Å². The molecule has 0 saturated carbocycles. The molecule has 1 N–H and O–H groups in total. The third-order valence-electron chi connectivity index (χ3n) is 6.45. The Balaban J connectivity index is 1.67. The van der Waals surface area contributed by atoms with Crippen molar-refractivity contribution in [2.75, 3.05) is 26.8 Å². The van der Waals surface area contributed by atoms with Gasteiger partial charge in [-0.15, -0.1) is 0 Å². The van der Waals surface area contributed by atoms with Crippen molar-refractivity contribution in [1.82, 2.24) is 0 Å². The van der Waals surface area contributed by atoms with E-state index in [0.717, 1.165) is 31.9 Å². The van der Waals surface area contributed by atoms with Crippen molar-refractivity contribution in [2.45, 2.75) is 58.1 Å². The molecule has 1 aliphatic heterocycles. The van der Waals surface area contributed by atoms with Crippen LogP contribution in [0.15, 0.2) is 54.6 Å².